The zero-order valence-electron chi connectivity index (χ0n) is 16.3. The number of likely N-dealkylation sites (tertiary alicyclic amines) is 1. The number of H-pyrrole nitrogens is 1. The van der Waals surface area contributed by atoms with Gasteiger partial charge in [-0.2, -0.15) is 0 Å². The van der Waals surface area contributed by atoms with E-state index in [2.05, 4.69) is 18.8 Å². The van der Waals surface area contributed by atoms with Crippen LogP contribution in [0.15, 0.2) is 4.79 Å². The van der Waals surface area contributed by atoms with E-state index in [4.69, 9.17) is 9.72 Å². The van der Waals surface area contributed by atoms with Gasteiger partial charge in [0.05, 0.1) is 31.5 Å². The molecule has 0 bridgehead atoms. The van der Waals surface area contributed by atoms with Gasteiger partial charge >= 0.3 is 5.97 Å². The number of hydrogen-bond donors (Lipinski definition) is 2. The summed E-state index contributed by atoms with van der Waals surface area (Å²) in [7, 11) is 1.45. The monoisotopic (exact) mass is 390 g/mol. The second-order valence-electron chi connectivity index (χ2n) is 8.16. The zero-order valence-corrected chi connectivity index (χ0v) is 17.1. The summed E-state index contributed by atoms with van der Waals surface area (Å²) in [5, 5.41) is 0.817. The first-order valence-corrected chi connectivity index (χ1v) is 10.8. The van der Waals surface area contributed by atoms with E-state index in [-0.39, 0.29) is 23.5 Å². The van der Waals surface area contributed by atoms with Crippen LogP contribution in [-0.4, -0.2) is 36.1 Å². The molecule has 2 aliphatic rings. The number of ether oxygens (including phenoxy) is 1. The first-order valence-electron chi connectivity index (χ1n) is 9.94. The van der Waals surface area contributed by atoms with Gasteiger partial charge in [-0.1, -0.05) is 6.92 Å². The lowest BCUT2D eigenvalue weighted by molar-refractivity contribution is -0.935. The van der Waals surface area contributed by atoms with Crippen molar-refractivity contribution in [3.8, 4) is 0 Å². The van der Waals surface area contributed by atoms with E-state index < -0.39 is 0 Å². The van der Waals surface area contributed by atoms with E-state index in [0.29, 0.717) is 5.92 Å². The lowest BCUT2D eigenvalue weighted by atomic mass is 9.89. The number of nitrogens with zero attached hydrogens (tertiary/aromatic N) is 1. The van der Waals surface area contributed by atoms with Crippen molar-refractivity contribution in [3.63, 3.8) is 0 Å². The molecule has 2 N–H and O–H groups in total. The Hall–Kier alpha value is -1.73. The number of aromatic nitrogens is 2. The molecule has 0 amide bonds. The largest absolute Gasteiger partial charge is 0.469 e. The van der Waals surface area contributed by atoms with Crippen molar-refractivity contribution in [3.05, 3.63) is 26.6 Å². The molecule has 2 aromatic rings. The highest BCUT2D eigenvalue weighted by molar-refractivity contribution is 7.18. The molecule has 146 valence electrons. The van der Waals surface area contributed by atoms with Crippen molar-refractivity contribution in [2.45, 2.75) is 52.0 Å². The second kappa shape index (κ2) is 7.36. The molecule has 27 heavy (non-hydrogen) atoms. The molecule has 2 aromatic heterocycles. The van der Waals surface area contributed by atoms with Gasteiger partial charge in [0, 0.05) is 17.7 Å². The first-order chi connectivity index (χ1) is 13.0. The molecule has 1 saturated heterocycles. The maximum absolute atomic E-state index is 12.8. The van der Waals surface area contributed by atoms with Crippen LogP contribution in [0.1, 0.15) is 55.4 Å². The molecule has 3 heterocycles. The smallest absolute Gasteiger partial charge is 0.309 e. The van der Waals surface area contributed by atoms with Crippen LogP contribution in [0.3, 0.4) is 0 Å². The maximum Gasteiger partial charge on any atom is 0.309 e. The SMILES string of the molecule is COC(=O)C1CC[NH+]([C@H](C)c2nc3sc4c(c3c(=O)[nH]2)CC[C@@H](C)C4)CC1. The minimum Gasteiger partial charge on any atom is -0.469 e. The summed E-state index contributed by atoms with van der Waals surface area (Å²) in [6.07, 6.45) is 4.85. The fourth-order valence-corrected chi connectivity index (χ4v) is 5.98. The van der Waals surface area contributed by atoms with Crippen molar-refractivity contribution in [2.24, 2.45) is 11.8 Å². The molecule has 1 aliphatic carbocycles. The van der Waals surface area contributed by atoms with Gasteiger partial charge in [0.15, 0.2) is 5.82 Å². The number of aromatic amines is 1. The van der Waals surface area contributed by atoms with Crippen LogP contribution >= 0.6 is 11.3 Å². The van der Waals surface area contributed by atoms with Gasteiger partial charge in [-0.3, -0.25) is 9.59 Å². The Morgan fingerprint density at radius 2 is 2.07 bits per heavy atom. The Labute approximate surface area is 162 Å². The predicted octanol–water partition coefficient (Wildman–Crippen LogP) is 1.64. The topological polar surface area (TPSA) is 76.5 Å². The molecule has 7 heteroatoms. The molecule has 0 saturated carbocycles. The van der Waals surface area contributed by atoms with Gasteiger partial charge in [-0.15, -0.1) is 11.3 Å². The second-order valence-corrected chi connectivity index (χ2v) is 9.24. The fourth-order valence-electron chi connectivity index (χ4n) is 4.59. The number of quaternary nitrogens is 1. The van der Waals surface area contributed by atoms with Crippen LogP contribution in [0.5, 0.6) is 0 Å². The Morgan fingerprint density at radius 3 is 2.78 bits per heavy atom. The van der Waals surface area contributed by atoms with E-state index in [9.17, 15) is 9.59 Å². The molecule has 2 atom stereocenters. The summed E-state index contributed by atoms with van der Waals surface area (Å²) in [4.78, 5) is 36.1. The number of aryl methyl sites for hydroxylation is 1. The summed E-state index contributed by atoms with van der Waals surface area (Å²) in [5.74, 6) is 1.36. The Bertz CT molecular complexity index is 911. The number of nitrogens with one attached hydrogen (secondary N) is 2. The molecule has 6 nitrogen and oxygen atoms in total. The molecule has 0 aromatic carbocycles. The lowest BCUT2D eigenvalue weighted by Crippen LogP contribution is -3.13. The number of methoxy groups -OCH3 is 1. The van der Waals surface area contributed by atoms with Crippen LogP contribution in [0, 0.1) is 11.8 Å². The Kier molecular flexibility index (Phi) is 5.07. The number of carbonyl (C=O) groups excluding carboxylic acids is 1. The van der Waals surface area contributed by atoms with Crippen molar-refractivity contribution >= 4 is 27.5 Å². The third-order valence-corrected chi connectivity index (χ3v) is 7.52. The predicted molar refractivity (Wildman–Crippen MR) is 105 cm³/mol. The normalized spacial score (nSPS) is 26.6. The van der Waals surface area contributed by atoms with Gasteiger partial charge < -0.3 is 14.6 Å². The number of fused-ring (bicyclic) bond motifs is 3. The van der Waals surface area contributed by atoms with Crippen molar-refractivity contribution < 1.29 is 14.4 Å². The van der Waals surface area contributed by atoms with Gasteiger partial charge in [-0.05, 0) is 37.7 Å². The highest BCUT2D eigenvalue weighted by Crippen LogP contribution is 2.35. The van der Waals surface area contributed by atoms with Gasteiger partial charge in [0.1, 0.15) is 10.9 Å². The standard InChI is InChI=1S/C20H27N3O3S/c1-11-4-5-14-15(10-11)27-19-16(14)18(24)21-17(22-19)12(2)23-8-6-13(7-9-23)20(25)26-3/h11-13H,4-10H2,1-3H3,(H,21,22,24)/p+1/t11-,12-/m1/s1. The van der Waals surface area contributed by atoms with Crippen LogP contribution in [0.2, 0.25) is 0 Å². The van der Waals surface area contributed by atoms with E-state index in [1.807, 2.05) is 0 Å². The van der Waals surface area contributed by atoms with Crippen LogP contribution in [-0.2, 0) is 22.4 Å². The average Bonchev–Trinajstić information content (AvgIpc) is 3.04. The first kappa shape index (κ1) is 18.6. The minimum atomic E-state index is -0.104. The lowest BCUT2D eigenvalue weighted by Gasteiger charge is -2.31. The van der Waals surface area contributed by atoms with E-state index >= 15 is 0 Å². The average molecular weight is 391 g/mol. The third-order valence-electron chi connectivity index (χ3n) is 6.37. The van der Waals surface area contributed by atoms with Crippen LogP contribution in [0.25, 0.3) is 10.2 Å². The Balaban J connectivity index is 1.57. The number of esters is 1. The zero-order chi connectivity index (χ0) is 19.1. The maximum atomic E-state index is 12.8. The molecule has 1 fully saturated rings. The van der Waals surface area contributed by atoms with Gasteiger partial charge in [0.25, 0.3) is 5.56 Å². The molecule has 0 spiro atoms. The molecule has 1 aliphatic heterocycles. The third kappa shape index (κ3) is 3.43. The van der Waals surface area contributed by atoms with Crippen LogP contribution in [0.4, 0.5) is 0 Å². The molecular weight excluding hydrogens is 362 g/mol. The fraction of sp³-hybridized carbons (Fsp3) is 0.650. The van der Waals surface area contributed by atoms with Crippen LogP contribution < -0.4 is 10.5 Å². The van der Waals surface area contributed by atoms with Crippen molar-refractivity contribution in [1.82, 2.24) is 9.97 Å². The van der Waals surface area contributed by atoms with E-state index in [1.54, 1.807) is 11.3 Å². The number of rotatable bonds is 3. The summed E-state index contributed by atoms with van der Waals surface area (Å²) >= 11 is 1.70. The van der Waals surface area contributed by atoms with Crippen molar-refractivity contribution in [1.29, 1.82) is 0 Å². The summed E-state index contributed by atoms with van der Waals surface area (Å²) < 4.78 is 4.87. The van der Waals surface area contributed by atoms with E-state index in [1.165, 1.54) is 22.5 Å². The highest BCUT2D eigenvalue weighted by atomic mass is 32.1. The van der Waals surface area contributed by atoms with Gasteiger partial charge in [0.2, 0.25) is 0 Å². The molecule has 0 unspecified atom stereocenters. The number of piperidine rings is 1. The molecule has 0 radical (unpaired) electrons. The quantitative estimate of drug-likeness (QED) is 0.781. The summed E-state index contributed by atoms with van der Waals surface area (Å²) in [5.41, 5.74) is 1.24. The van der Waals surface area contributed by atoms with E-state index in [0.717, 1.165) is 61.2 Å². The number of thiophene rings is 1. The Morgan fingerprint density at radius 1 is 1.33 bits per heavy atom. The summed E-state index contributed by atoms with van der Waals surface area (Å²) in [6.45, 7) is 6.18. The van der Waals surface area contributed by atoms with Crippen molar-refractivity contribution in [2.75, 3.05) is 20.2 Å². The molecule has 4 rings (SSSR count). The van der Waals surface area contributed by atoms with Gasteiger partial charge in [-0.25, -0.2) is 4.98 Å². The minimum absolute atomic E-state index is 0.00597. The molecular formula is C20H28N3O3S+. The highest BCUT2D eigenvalue weighted by Gasteiger charge is 2.32. The summed E-state index contributed by atoms with van der Waals surface area (Å²) in [6, 6.07) is 0.110. The number of carbonyl (C=O) groups is 1. The number of hydrogen-bond acceptors (Lipinski definition) is 5.